The molecular formula is C14H27FN2O. The average Bonchev–Trinajstić information content (AvgIpc) is 2.54. The van der Waals surface area contributed by atoms with Crippen molar-refractivity contribution in [2.24, 2.45) is 0 Å². The molecule has 2 aliphatic rings. The Bertz CT molecular complexity index is 273. The molecule has 106 valence electrons. The maximum atomic E-state index is 14.3. The third kappa shape index (κ3) is 3.03. The summed E-state index contributed by atoms with van der Waals surface area (Å²) in [6, 6.07) is 0.379. The second-order valence-corrected chi connectivity index (χ2v) is 6.66. The van der Waals surface area contributed by atoms with E-state index >= 15 is 0 Å². The Balaban J connectivity index is 2.03. The van der Waals surface area contributed by atoms with Crippen LogP contribution in [0.5, 0.6) is 0 Å². The Morgan fingerprint density at radius 1 is 1.22 bits per heavy atom. The maximum absolute atomic E-state index is 14.3. The lowest BCUT2D eigenvalue weighted by atomic mass is 10.0. The fourth-order valence-corrected chi connectivity index (χ4v) is 3.51. The van der Waals surface area contributed by atoms with Crippen molar-refractivity contribution in [2.45, 2.75) is 57.9 Å². The third-order valence-electron chi connectivity index (χ3n) is 4.14. The van der Waals surface area contributed by atoms with Gasteiger partial charge in [-0.3, -0.25) is 9.80 Å². The summed E-state index contributed by atoms with van der Waals surface area (Å²) in [5, 5.41) is 0. The zero-order valence-corrected chi connectivity index (χ0v) is 12.2. The lowest BCUT2D eigenvalue weighted by Gasteiger charge is -2.42. The summed E-state index contributed by atoms with van der Waals surface area (Å²) in [7, 11) is 0. The predicted molar refractivity (Wildman–Crippen MR) is 71.6 cm³/mol. The van der Waals surface area contributed by atoms with Crippen molar-refractivity contribution in [3.05, 3.63) is 0 Å². The molecule has 0 radical (unpaired) electrons. The van der Waals surface area contributed by atoms with E-state index in [4.69, 9.17) is 4.74 Å². The van der Waals surface area contributed by atoms with Crippen molar-refractivity contribution < 1.29 is 9.13 Å². The highest BCUT2D eigenvalue weighted by molar-refractivity contribution is 4.99. The molecule has 0 N–H and O–H groups in total. The topological polar surface area (TPSA) is 15.7 Å². The molecule has 3 nitrogen and oxygen atoms in total. The second-order valence-electron chi connectivity index (χ2n) is 6.66. The van der Waals surface area contributed by atoms with Gasteiger partial charge in [-0.05, 0) is 34.1 Å². The Morgan fingerprint density at radius 2 is 1.83 bits per heavy atom. The zero-order valence-electron chi connectivity index (χ0n) is 12.2. The van der Waals surface area contributed by atoms with E-state index in [1.165, 1.54) is 0 Å². The van der Waals surface area contributed by atoms with Gasteiger partial charge in [0.2, 0.25) is 0 Å². The maximum Gasteiger partial charge on any atom is 0.118 e. The zero-order chi connectivity index (χ0) is 13.3. The van der Waals surface area contributed by atoms with Gasteiger partial charge in [0.1, 0.15) is 6.17 Å². The third-order valence-corrected chi connectivity index (χ3v) is 4.14. The Hall–Kier alpha value is -0.190. The van der Waals surface area contributed by atoms with Gasteiger partial charge < -0.3 is 4.74 Å². The molecule has 0 unspecified atom stereocenters. The number of likely N-dealkylation sites (tertiary alicyclic amines) is 1. The Morgan fingerprint density at radius 3 is 2.39 bits per heavy atom. The van der Waals surface area contributed by atoms with Crippen LogP contribution < -0.4 is 0 Å². The first-order chi connectivity index (χ1) is 8.39. The molecule has 3 atom stereocenters. The van der Waals surface area contributed by atoms with E-state index in [-0.39, 0.29) is 11.6 Å². The number of ether oxygens (including phenoxy) is 1. The highest BCUT2D eigenvalue weighted by Gasteiger charge is 2.44. The van der Waals surface area contributed by atoms with Crippen molar-refractivity contribution in [3.63, 3.8) is 0 Å². The number of nitrogens with zero attached hydrogens (tertiary/aromatic N) is 2. The summed E-state index contributed by atoms with van der Waals surface area (Å²) in [6.07, 6.45) is -0.0196. The smallest absolute Gasteiger partial charge is 0.118 e. The second kappa shape index (κ2) is 5.43. The van der Waals surface area contributed by atoms with Crippen LogP contribution in [0, 0.1) is 0 Å². The number of morpholine rings is 1. The fraction of sp³-hybridized carbons (Fsp3) is 1.00. The lowest BCUT2D eigenvalue weighted by Crippen LogP contribution is -2.54. The van der Waals surface area contributed by atoms with E-state index < -0.39 is 6.17 Å². The first-order valence-electron chi connectivity index (χ1n) is 7.12. The number of hydrogen-bond acceptors (Lipinski definition) is 3. The summed E-state index contributed by atoms with van der Waals surface area (Å²) in [5.41, 5.74) is 0.0389. The van der Waals surface area contributed by atoms with Crippen LogP contribution in [0.2, 0.25) is 0 Å². The standard InChI is InChI=1S/C14H27FN2O/c1-11-9-12(15)13(17(11)14(2,3)4)10-16-5-7-18-8-6-16/h11-13H,5-10H2,1-4H3/t11-,12-,13+/m1/s1. The Kier molecular flexibility index (Phi) is 4.29. The van der Waals surface area contributed by atoms with Crippen LogP contribution in [0.1, 0.15) is 34.1 Å². The minimum atomic E-state index is -0.693. The Labute approximate surface area is 110 Å². The van der Waals surface area contributed by atoms with Crippen molar-refractivity contribution in [1.29, 1.82) is 0 Å². The first-order valence-corrected chi connectivity index (χ1v) is 7.12. The predicted octanol–water partition coefficient (Wildman–Crippen LogP) is 1.92. The molecule has 2 saturated heterocycles. The molecule has 0 bridgehead atoms. The van der Waals surface area contributed by atoms with E-state index in [2.05, 4.69) is 37.5 Å². The van der Waals surface area contributed by atoms with E-state index in [9.17, 15) is 4.39 Å². The van der Waals surface area contributed by atoms with Crippen molar-refractivity contribution in [2.75, 3.05) is 32.8 Å². The van der Waals surface area contributed by atoms with Gasteiger partial charge in [0, 0.05) is 31.2 Å². The minimum Gasteiger partial charge on any atom is -0.379 e. The van der Waals surface area contributed by atoms with Crippen molar-refractivity contribution in [1.82, 2.24) is 9.80 Å². The van der Waals surface area contributed by atoms with Gasteiger partial charge in [0.15, 0.2) is 0 Å². The molecule has 0 aliphatic carbocycles. The highest BCUT2D eigenvalue weighted by atomic mass is 19.1. The summed E-state index contributed by atoms with van der Waals surface area (Å²) in [5.74, 6) is 0. The SMILES string of the molecule is C[C@@H]1C[C@@H](F)[C@H](CN2CCOCC2)N1C(C)(C)C. The van der Waals surface area contributed by atoms with Crippen LogP contribution in [0.15, 0.2) is 0 Å². The number of halogens is 1. The molecule has 2 heterocycles. The van der Waals surface area contributed by atoms with Crippen LogP contribution in [0.4, 0.5) is 4.39 Å². The molecule has 4 heteroatoms. The molecule has 2 aliphatic heterocycles. The average molecular weight is 258 g/mol. The molecular weight excluding hydrogens is 231 g/mol. The number of rotatable bonds is 2. The summed E-state index contributed by atoms with van der Waals surface area (Å²) in [4.78, 5) is 4.71. The highest BCUT2D eigenvalue weighted by Crippen LogP contribution is 2.34. The van der Waals surface area contributed by atoms with Gasteiger partial charge in [0.05, 0.1) is 19.3 Å². The molecule has 0 aromatic carbocycles. The molecule has 0 spiro atoms. The van der Waals surface area contributed by atoms with E-state index in [0.717, 1.165) is 32.8 Å². The molecule has 0 aromatic rings. The van der Waals surface area contributed by atoms with Crippen LogP contribution in [0.25, 0.3) is 0 Å². The molecule has 0 amide bonds. The summed E-state index contributed by atoms with van der Waals surface area (Å²) >= 11 is 0. The first kappa shape index (κ1) is 14.2. The van der Waals surface area contributed by atoms with Crippen LogP contribution in [-0.4, -0.2) is 66.4 Å². The number of alkyl halides is 1. The minimum absolute atomic E-state index is 0.0389. The van der Waals surface area contributed by atoms with Crippen molar-refractivity contribution >= 4 is 0 Å². The molecule has 0 saturated carbocycles. The van der Waals surface area contributed by atoms with Gasteiger partial charge in [-0.2, -0.15) is 0 Å². The summed E-state index contributed by atoms with van der Waals surface area (Å²) < 4.78 is 19.6. The van der Waals surface area contributed by atoms with Gasteiger partial charge in [0.25, 0.3) is 0 Å². The van der Waals surface area contributed by atoms with Crippen molar-refractivity contribution in [3.8, 4) is 0 Å². The number of hydrogen-bond donors (Lipinski definition) is 0. The monoisotopic (exact) mass is 258 g/mol. The van der Waals surface area contributed by atoms with Gasteiger partial charge >= 0.3 is 0 Å². The molecule has 2 fully saturated rings. The molecule has 2 rings (SSSR count). The van der Waals surface area contributed by atoms with E-state index in [1.807, 2.05) is 0 Å². The normalized spacial score (nSPS) is 36.2. The molecule has 0 aromatic heterocycles. The van der Waals surface area contributed by atoms with Gasteiger partial charge in [-0.25, -0.2) is 4.39 Å². The van der Waals surface area contributed by atoms with Crippen LogP contribution >= 0.6 is 0 Å². The van der Waals surface area contributed by atoms with Gasteiger partial charge in [-0.15, -0.1) is 0 Å². The van der Waals surface area contributed by atoms with E-state index in [0.29, 0.717) is 12.5 Å². The van der Waals surface area contributed by atoms with E-state index in [1.54, 1.807) is 0 Å². The van der Waals surface area contributed by atoms with Crippen LogP contribution in [0.3, 0.4) is 0 Å². The fourth-order valence-electron chi connectivity index (χ4n) is 3.51. The van der Waals surface area contributed by atoms with Gasteiger partial charge in [-0.1, -0.05) is 0 Å². The summed E-state index contributed by atoms with van der Waals surface area (Å²) in [6.45, 7) is 13.0. The molecule has 18 heavy (non-hydrogen) atoms. The van der Waals surface area contributed by atoms with Crippen LogP contribution in [-0.2, 0) is 4.74 Å². The quantitative estimate of drug-likeness (QED) is 0.752. The largest absolute Gasteiger partial charge is 0.379 e. The lowest BCUT2D eigenvalue weighted by molar-refractivity contribution is 0.00161.